The molecule has 0 saturated carbocycles. The van der Waals surface area contributed by atoms with Crippen LogP contribution in [-0.2, 0) is 0 Å². The number of hydrogen-bond donors (Lipinski definition) is 0. The first kappa shape index (κ1) is 19.8. The Morgan fingerprint density at radius 3 is 2.37 bits per heavy atom. The molecule has 0 saturated heterocycles. The van der Waals surface area contributed by atoms with Crippen LogP contribution in [0.4, 0.5) is 0 Å². The first-order valence-electron chi connectivity index (χ1n) is 11.1. The van der Waals surface area contributed by atoms with Crippen LogP contribution in [-0.4, -0.2) is 29.9 Å². The molecule has 7 heteroatoms. The minimum Gasteiger partial charge on any atom is -0.244 e. The van der Waals surface area contributed by atoms with Crippen LogP contribution >= 0.6 is 11.3 Å². The van der Waals surface area contributed by atoms with Gasteiger partial charge in [-0.1, -0.05) is 72.0 Å². The fourth-order valence-corrected chi connectivity index (χ4v) is 5.12. The summed E-state index contributed by atoms with van der Waals surface area (Å²) in [5.41, 5.74) is 4.33. The highest BCUT2D eigenvalue weighted by atomic mass is 32.1. The van der Waals surface area contributed by atoms with Crippen molar-refractivity contribution in [3.8, 4) is 33.6 Å². The van der Waals surface area contributed by atoms with Gasteiger partial charge in [0.1, 0.15) is 21.0 Å². The van der Waals surface area contributed by atoms with Gasteiger partial charge < -0.3 is 0 Å². The average Bonchev–Trinajstić information content (AvgIpc) is 3.37. The summed E-state index contributed by atoms with van der Waals surface area (Å²) in [4.78, 5) is 29.3. The maximum atomic E-state index is 4.97. The lowest BCUT2D eigenvalue weighted by Crippen LogP contribution is -2.00. The maximum Gasteiger partial charge on any atom is 0.198 e. The van der Waals surface area contributed by atoms with Gasteiger partial charge in [0.25, 0.3) is 0 Å². The molecule has 0 aliphatic heterocycles. The smallest absolute Gasteiger partial charge is 0.198 e. The van der Waals surface area contributed by atoms with E-state index in [2.05, 4.69) is 46.4 Å². The number of benzene rings is 3. The van der Waals surface area contributed by atoms with Crippen LogP contribution in [0.3, 0.4) is 0 Å². The minimum absolute atomic E-state index is 0.460. The molecule has 0 atom stereocenters. The molecule has 3 aromatic carbocycles. The molecule has 7 aromatic rings. The van der Waals surface area contributed by atoms with Crippen LogP contribution in [0.5, 0.6) is 0 Å². The molecule has 164 valence electrons. The van der Waals surface area contributed by atoms with Crippen molar-refractivity contribution in [1.82, 2.24) is 29.9 Å². The molecule has 0 N–H and O–H groups in total. The number of pyridine rings is 1. The molecule has 0 aliphatic rings. The first-order chi connectivity index (χ1) is 17.3. The SMILES string of the molecule is c1ccc(-c2nc(-c3nccc(-c4nc5cccnc5s4)n3)nc3c2ccc2ccccc23)cc1. The highest BCUT2D eigenvalue weighted by Gasteiger charge is 2.16. The zero-order chi connectivity index (χ0) is 23.2. The Morgan fingerprint density at radius 2 is 1.46 bits per heavy atom. The van der Waals surface area contributed by atoms with Gasteiger partial charge in [-0.25, -0.2) is 29.9 Å². The van der Waals surface area contributed by atoms with Gasteiger partial charge in [-0.2, -0.15) is 0 Å². The van der Waals surface area contributed by atoms with Crippen LogP contribution in [0.15, 0.2) is 97.3 Å². The van der Waals surface area contributed by atoms with Crippen LogP contribution in [0.25, 0.3) is 65.6 Å². The van der Waals surface area contributed by atoms with E-state index in [1.807, 2.05) is 48.5 Å². The number of nitrogens with zero attached hydrogens (tertiary/aromatic N) is 6. The molecular formula is C28H16N6S. The summed E-state index contributed by atoms with van der Waals surface area (Å²) in [6, 6.07) is 28.3. The van der Waals surface area contributed by atoms with E-state index in [0.29, 0.717) is 11.6 Å². The summed E-state index contributed by atoms with van der Waals surface area (Å²) < 4.78 is 0. The quantitative estimate of drug-likeness (QED) is 0.273. The third-order valence-electron chi connectivity index (χ3n) is 5.88. The van der Waals surface area contributed by atoms with E-state index >= 15 is 0 Å². The second-order valence-electron chi connectivity index (χ2n) is 8.06. The molecule has 0 aliphatic carbocycles. The van der Waals surface area contributed by atoms with E-state index < -0.39 is 0 Å². The van der Waals surface area contributed by atoms with Crippen molar-refractivity contribution in [3.05, 3.63) is 97.3 Å². The van der Waals surface area contributed by atoms with Crippen molar-refractivity contribution in [2.75, 3.05) is 0 Å². The molecule has 6 nitrogen and oxygen atoms in total. The minimum atomic E-state index is 0.460. The first-order valence-corrected chi connectivity index (χ1v) is 12.0. The second kappa shape index (κ2) is 8.00. The maximum absolute atomic E-state index is 4.97. The van der Waals surface area contributed by atoms with Gasteiger partial charge in [-0.05, 0) is 29.7 Å². The largest absolute Gasteiger partial charge is 0.244 e. The van der Waals surface area contributed by atoms with E-state index in [1.54, 1.807) is 12.4 Å². The van der Waals surface area contributed by atoms with E-state index in [1.165, 1.54) is 11.3 Å². The van der Waals surface area contributed by atoms with Gasteiger partial charge >= 0.3 is 0 Å². The van der Waals surface area contributed by atoms with E-state index in [0.717, 1.165) is 54.0 Å². The molecule has 0 bridgehead atoms. The third-order valence-corrected chi connectivity index (χ3v) is 6.88. The van der Waals surface area contributed by atoms with Crippen molar-refractivity contribution in [1.29, 1.82) is 0 Å². The third kappa shape index (κ3) is 3.41. The monoisotopic (exact) mass is 468 g/mol. The van der Waals surface area contributed by atoms with Gasteiger partial charge in [0.05, 0.1) is 11.2 Å². The predicted molar refractivity (Wildman–Crippen MR) is 140 cm³/mol. The van der Waals surface area contributed by atoms with Crippen LogP contribution in [0, 0.1) is 0 Å². The van der Waals surface area contributed by atoms with Crippen molar-refractivity contribution >= 4 is 43.4 Å². The van der Waals surface area contributed by atoms with Gasteiger partial charge in [-0.3, -0.25) is 0 Å². The Labute approximate surface area is 204 Å². The Balaban J connectivity index is 1.47. The molecule has 0 amide bonds. The van der Waals surface area contributed by atoms with Gasteiger partial charge in [0.15, 0.2) is 11.6 Å². The zero-order valence-corrected chi connectivity index (χ0v) is 19.1. The van der Waals surface area contributed by atoms with Gasteiger partial charge in [0, 0.05) is 28.7 Å². The van der Waals surface area contributed by atoms with E-state index in [9.17, 15) is 0 Å². The van der Waals surface area contributed by atoms with Crippen molar-refractivity contribution in [3.63, 3.8) is 0 Å². The molecule has 4 aromatic heterocycles. The Bertz CT molecular complexity index is 1830. The topological polar surface area (TPSA) is 77.3 Å². The molecule has 4 heterocycles. The number of rotatable bonds is 3. The molecule has 0 spiro atoms. The summed E-state index contributed by atoms with van der Waals surface area (Å²) in [6.07, 6.45) is 3.50. The van der Waals surface area contributed by atoms with Gasteiger partial charge in [-0.15, -0.1) is 0 Å². The average molecular weight is 469 g/mol. The molecule has 0 radical (unpaired) electrons. The Morgan fingerprint density at radius 1 is 0.571 bits per heavy atom. The summed E-state index contributed by atoms with van der Waals surface area (Å²) in [6.45, 7) is 0. The lowest BCUT2D eigenvalue weighted by Gasteiger charge is -2.11. The Kier molecular flexibility index (Phi) is 4.53. The van der Waals surface area contributed by atoms with E-state index in [4.69, 9.17) is 19.9 Å². The molecule has 7 rings (SSSR count). The zero-order valence-electron chi connectivity index (χ0n) is 18.3. The number of hydrogen-bond acceptors (Lipinski definition) is 7. The molecule has 0 fully saturated rings. The van der Waals surface area contributed by atoms with E-state index in [-0.39, 0.29) is 0 Å². The summed E-state index contributed by atoms with van der Waals surface area (Å²) in [7, 11) is 0. The van der Waals surface area contributed by atoms with Gasteiger partial charge in [0.2, 0.25) is 0 Å². The van der Waals surface area contributed by atoms with Crippen molar-refractivity contribution < 1.29 is 0 Å². The standard InChI is InChI=1S/C28H16N6S/c1-2-8-18(9-3-1)23-20-13-12-17-7-4-5-10-19(17)24(20)34-26(33-23)25-29-16-14-22(31-25)28-32-21-11-6-15-30-27(21)35-28/h1-16H. The number of aromatic nitrogens is 6. The molecule has 0 unspecified atom stereocenters. The molecular weight excluding hydrogens is 452 g/mol. The normalized spacial score (nSPS) is 11.4. The fraction of sp³-hybridized carbons (Fsp3) is 0. The second-order valence-corrected chi connectivity index (χ2v) is 9.03. The summed E-state index contributed by atoms with van der Waals surface area (Å²) in [5, 5.41) is 3.98. The highest BCUT2D eigenvalue weighted by molar-refractivity contribution is 7.21. The number of thiazole rings is 1. The number of fused-ring (bicyclic) bond motifs is 4. The lowest BCUT2D eigenvalue weighted by atomic mass is 10.0. The van der Waals surface area contributed by atoms with Crippen LogP contribution < -0.4 is 0 Å². The predicted octanol–water partition coefficient (Wildman–Crippen LogP) is 6.58. The van der Waals surface area contributed by atoms with Crippen molar-refractivity contribution in [2.45, 2.75) is 0 Å². The van der Waals surface area contributed by atoms with Crippen LogP contribution in [0.1, 0.15) is 0 Å². The highest BCUT2D eigenvalue weighted by Crippen LogP contribution is 2.33. The Hall–Kier alpha value is -4.62. The summed E-state index contributed by atoms with van der Waals surface area (Å²) in [5.74, 6) is 0.940. The molecule has 35 heavy (non-hydrogen) atoms. The fourth-order valence-electron chi connectivity index (χ4n) is 4.24. The van der Waals surface area contributed by atoms with Crippen LogP contribution in [0.2, 0.25) is 0 Å². The van der Waals surface area contributed by atoms with Crippen molar-refractivity contribution in [2.24, 2.45) is 0 Å². The lowest BCUT2D eigenvalue weighted by molar-refractivity contribution is 1.10. The summed E-state index contributed by atoms with van der Waals surface area (Å²) >= 11 is 1.51.